The molecule has 21 heavy (non-hydrogen) atoms. The normalized spacial score (nSPS) is 21.0. The van der Waals surface area contributed by atoms with Crippen LogP contribution in [0.2, 0.25) is 0 Å². The van der Waals surface area contributed by atoms with Gasteiger partial charge in [0.05, 0.1) is 10.6 Å². The Kier molecular flexibility index (Phi) is 3.29. The fourth-order valence-electron chi connectivity index (χ4n) is 2.21. The average molecular weight is 304 g/mol. The molecule has 0 unspecified atom stereocenters. The third kappa shape index (κ3) is 2.56. The first-order chi connectivity index (χ1) is 9.98. The van der Waals surface area contributed by atoms with Gasteiger partial charge in [-0.05, 0) is 25.3 Å². The van der Waals surface area contributed by atoms with Gasteiger partial charge in [-0.25, -0.2) is 0 Å². The summed E-state index contributed by atoms with van der Waals surface area (Å²) >= 11 is 1.59. The molecule has 0 bridgehead atoms. The van der Waals surface area contributed by atoms with Crippen molar-refractivity contribution < 1.29 is 9.63 Å². The molecule has 0 saturated heterocycles. The van der Waals surface area contributed by atoms with E-state index in [1.807, 2.05) is 30.5 Å². The minimum atomic E-state index is -0.989. The molecular weight excluding hydrogens is 288 g/mol. The Morgan fingerprint density at radius 3 is 3.00 bits per heavy atom. The van der Waals surface area contributed by atoms with Crippen LogP contribution in [-0.2, 0) is 16.7 Å². The van der Waals surface area contributed by atoms with E-state index < -0.39 is 5.60 Å². The van der Waals surface area contributed by atoms with Crippen LogP contribution in [0.3, 0.4) is 0 Å². The summed E-state index contributed by atoms with van der Waals surface area (Å²) < 4.78 is 1.63. The number of oxime groups is 1. The molecule has 2 aromatic heterocycles. The standard InChI is InChI=1S/C14H16N4O2S/c1-9-7-12(18(3)16-9)15-13(19)14(2)8-10(17-20-14)11-5-4-6-21-11/h4-7H,8H2,1-3H3,(H,15,19)/t14-/m0/s1. The first-order valence-corrected chi connectivity index (χ1v) is 7.47. The fraction of sp³-hybridized carbons (Fsp3) is 0.357. The van der Waals surface area contributed by atoms with Crippen molar-refractivity contribution in [3.05, 3.63) is 34.2 Å². The van der Waals surface area contributed by atoms with Crippen LogP contribution in [0.4, 0.5) is 5.82 Å². The van der Waals surface area contributed by atoms with Gasteiger partial charge >= 0.3 is 0 Å². The third-order valence-electron chi connectivity index (χ3n) is 3.39. The van der Waals surface area contributed by atoms with E-state index in [1.165, 1.54) is 0 Å². The van der Waals surface area contributed by atoms with Crippen LogP contribution < -0.4 is 5.32 Å². The number of aromatic nitrogens is 2. The quantitative estimate of drug-likeness (QED) is 0.946. The van der Waals surface area contributed by atoms with Crippen molar-refractivity contribution in [2.45, 2.75) is 25.9 Å². The smallest absolute Gasteiger partial charge is 0.272 e. The van der Waals surface area contributed by atoms with Crippen LogP contribution in [-0.4, -0.2) is 27.0 Å². The maximum atomic E-state index is 12.5. The summed E-state index contributed by atoms with van der Waals surface area (Å²) in [6, 6.07) is 5.74. The van der Waals surface area contributed by atoms with Crippen molar-refractivity contribution in [2.24, 2.45) is 12.2 Å². The molecule has 3 rings (SSSR count). The summed E-state index contributed by atoms with van der Waals surface area (Å²) in [5, 5.41) is 13.1. The Morgan fingerprint density at radius 1 is 1.57 bits per heavy atom. The van der Waals surface area contributed by atoms with E-state index in [9.17, 15) is 4.79 Å². The average Bonchev–Trinajstić information content (AvgIpc) is 3.12. The van der Waals surface area contributed by atoms with Crippen LogP contribution in [0.1, 0.15) is 23.9 Å². The second-order valence-corrected chi connectivity index (χ2v) is 6.21. The third-order valence-corrected chi connectivity index (χ3v) is 4.31. The molecule has 0 radical (unpaired) electrons. The first-order valence-electron chi connectivity index (χ1n) is 6.59. The highest BCUT2D eigenvalue weighted by Crippen LogP contribution is 2.29. The lowest BCUT2D eigenvalue weighted by molar-refractivity contribution is -0.136. The molecule has 0 aliphatic carbocycles. The summed E-state index contributed by atoms with van der Waals surface area (Å²) in [5.41, 5.74) is 0.668. The molecule has 110 valence electrons. The van der Waals surface area contributed by atoms with Crippen LogP contribution in [0.15, 0.2) is 28.7 Å². The first kappa shape index (κ1) is 13.8. The highest BCUT2D eigenvalue weighted by molar-refractivity contribution is 7.12. The van der Waals surface area contributed by atoms with Gasteiger partial charge in [0.25, 0.3) is 5.91 Å². The molecule has 1 aliphatic heterocycles. The molecule has 0 aromatic carbocycles. The zero-order valence-corrected chi connectivity index (χ0v) is 12.9. The zero-order valence-electron chi connectivity index (χ0n) is 12.1. The van der Waals surface area contributed by atoms with Crippen molar-refractivity contribution >= 4 is 28.8 Å². The Morgan fingerprint density at radius 2 is 2.38 bits per heavy atom. The predicted molar refractivity (Wildman–Crippen MR) is 81.5 cm³/mol. The van der Waals surface area contributed by atoms with Gasteiger partial charge in [0.2, 0.25) is 5.60 Å². The van der Waals surface area contributed by atoms with Gasteiger partial charge in [-0.1, -0.05) is 11.2 Å². The van der Waals surface area contributed by atoms with Gasteiger partial charge in [-0.15, -0.1) is 11.3 Å². The summed E-state index contributed by atoms with van der Waals surface area (Å²) in [7, 11) is 1.79. The molecule has 7 heteroatoms. The molecule has 1 N–H and O–H groups in total. The van der Waals surface area contributed by atoms with Crippen molar-refractivity contribution in [3.8, 4) is 0 Å². The Bertz CT molecular complexity index is 705. The number of thiophene rings is 1. The summed E-state index contributed by atoms with van der Waals surface area (Å²) in [6.45, 7) is 3.62. The molecule has 0 fully saturated rings. The minimum Gasteiger partial charge on any atom is -0.379 e. The van der Waals surface area contributed by atoms with Crippen molar-refractivity contribution in [1.29, 1.82) is 0 Å². The van der Waals surface area contributed by atoms with Gasteiger partial charge in [-0.2, -0.15) is 5.10 Å². The SMILES string of the molecule is Cc1cc(NC(=O)[C@]2(C)CC(c3cccs3)=NO2)n(C)n1. The zero-order chi connectivity index (χ0) is 15.0. The largest absolute Gasteiger partial charge is 0.379 e. The van der Waals surface area contributed by atoms with Gasteiger partial charge in [0.1, 0.15) is 11.5 Å². The summed E-state index contributed by atoms with van der Waals surface area (Å²) in [4.78, 5) is 18.9. The Balaban J connectivity index is 1.72. The lowest BCUT2D eigenvalue weighted by atomic mass is 9.98. The van der Waals surface area contributed by atoms with Crippen molar-refractivity contribution in [2.75, 3.05) is 5.32 Å². The van der Waals surface area contributed by atoms with E-state index >= 15 is 0 Å². The van der Waals surface area contributed by atoms with Crippen LogP contribution in [0.5, 0.6) is 0 Å². The van der Waals surface area contributed by atoms with Gasteiger partial charge in [0, 0.05) is 19.5 Å². The Hall–Kier alpha value is -2.15. The van der Waals surface area contributed by atoms with E-state index in [0.717, 1.165) is 16.3 Å². The summed E-state index contributed by atoms with van der Waals surface area (Å²) in [6.07, 6.45) is 0.455. The molecule has 1 amide bonds. The second-order valence-electron chi connectivity index (χ2n) is 5.26. The van der Waals surface area contributed by atoms with Crippen LogP contribution >= 0.6 is 11.3 Å². The number of hydrogen-bond acceptors (Lipinski definition) is 5. The summed E-state index contributed by atoms with van der Waals surface area (Å²) in [5.74, 6) is 0.424. The molecule has 0 spiro atoms. The highest BCUT2D eigenvalue weighted by Gasteiger charge is 2.42. The molecule has 6 nitrogen and oxygen atoms in total. The predicted octanol–water partition coefficient (Wildman–Crippen LogP) is 2.31. The number of anilines is 1. The number of carbonyl (C=O) groups excluding carboxylic acids is 1. The lowest BCUT2D eigenvalue weighted by Gasteiger charge is -2.20. The Labute approximate surface area is 126 Å². The van der Waals surface area contributed by atoms with Crippen LogP contribution in [0.25, 0.3) is 0 Å². The number of aryl methyl sites for hydroxylation is 2. The van der Waals surface area contributed by atoms with E-state index in [-0.39, 0.29) is 5.91 Å². The number of nitrogens with one attached hydrogen (secondary N) is 1. The van der Waals surface area contributed by atoms with Crippen LogP contribution in [0, 0.1) is 6.92 Å². The van der Waals surface area contributed by atoms with Gasteiger partial charge in [-0.3, -0.25) is 9.48 Å². The molecule has 2 aromatic rings. The number of carbonyl (C=O) groups is 1. The van der Waals surface area contributed by atoms with E-state index in [0.29, 0.717) is 12.2 Å². The number of hydrogen-bond donors (Lipinski definition) is 1. The molecular formula is C14H16N4O2S. The molecule has 3 heterocycles. The number of amides is 1. The molecule has 1 aliphatic rings. The maximum Gasteiger partial charge on any atom is 0.272 e. The molecule has 0 saturated carbocycles. The van der Waals surface area contributed by atoms with E-state index in [4.69, 9.17) is 4.84 Å². The number of nitrogens with zero attached hydrogens (tertiary/aromatic N) is 3. The number of rotatable bonds is 3. The second kappa shape index (κ2) is 5.00. The van der Waals surface area contributed by atoms with E-state index in [1.54, 1.807) is 30.0 Å². The van der Waals surface area contributed by atoms with Gasteiger partial charge in [0.15, 0.2) is 0 Å². The van der Waals surface area contributed by atoms with Crippen molar-refractivity contribution in [1.82, 2.24) is 9.78 Å². The monoisotopic (exact) mass is 304 g/mol. The lowest BCUT2D eigenvalue weighted by Crippen LogP contribution is -2.40. The highest BCUT2D eigenvalue weighted by atomic mass is 32.1. The van der Waals surface area contributed by atoms with E-state index in [2.05, 4.69) is 15.6 Å². The van der Waals surface area contributed by atoms with Crippen molar-refractivity contribution in [3.63, 3.8) is 0 Å². The molecule has 1 atom stereocenters. The fourth-order valence-corrected chi connectivity index (χ4v) is 2.92. The topological polar surface area (TPSA) is 68.5 Å². The maximum absolute atomic E-state index is 12.5. The minimum absolute atomic E-state index is 0.221. The van der Waals surface area contributed by atoms with Gasteiger partial charge < -0.3 is 10.2 Å².